The van der Waals surface area contributed by atoms with E-state index in [9.17, 15) is 23.2 Å². The van der Waals surface area contributed by atoms with Crippen molar-refractivity contribution in [3.63, 3.8) is 0 Å². The number of esters is 1. The minimum Gasteiger partial charge on any atom is -0.462 e. The number of ketones is 1. The average molecular weight is 396 g/mol. The van der Waals surface area contributed by atoms with Gasteiger partial charge in [0.1, 0.15) is 16.6 Å². The molecule has 0 atom stereocenters. The van der Waals surface area contributed by atoms with E-state index in [4.69, 9.17) is 4.74 Å². The lowest BCUT2D eigenvalue weighted by Gasteiger charge is -2.09. The Bertz CT molecular complexity index is 875. The van der Waals surface area contributed by atoms with Gasteiger partial charge in [-0.2, -0.15) is 0 Å². The first-order valence-corrected chi connectivity index (χ1v) is 8.85. The van der Waals surface area contributed by atoms with Crippen molar-refractivity contribution in [1.29, 1.82) is 0 Å². The molecule has 0 fully saturated rings. The Morgan fingerprint density at radius 1 is 1.15 bits per heavy atom. The molecule has 0 unspecified atom stereocenters. The number of Topliss-reactive ketones (excluding diaryl/α,β-unsaturated/α-hetero) is 1. The second kappa shape index (κ2) is 8.72. The van der Waals surface area contributed by atoms with Crippen LogP contribution in [0.1, 0.15) is 39.4 Å². The van der Waals surface area contributed by atoms with Crippen LogP contribution in [0.15, 0.2) is 18.2 Å². The molecule has 0 aliphatic carbocycles. The fourth-order valence-corrected chi connectivity index (χ4v) is 3.50. The van der Waals surface area contributed by atoms with E-state index in [1.165, 1.54) is 6.92 Å². The van der Waals surface area contributed by atoms with Gasteiger partial charge >= 0.3 is 5.97 Å². The van der Waals surface area contributed by atoms with E-state index in [-0.39, 0.29) is 35.2 Å². The fourth-order valence-electron chi connectivity index (χ4n) is 2.40. The molecule has 0 aliphatic heterocycles. The molecule has 0 bridgehead atoms. The Balaban J connectivity index is 2.17. The summed E-state index contributed by atoms with van der Waals surface area (Å²) in [5, 5.41) is 5.32. The zero-order chi connectivity index (χ0) is 20.1. The van der Waals surface area contributed by atoms with Gasteiger partial charge in [0.25, 0.3) is 0 Å². The topological polar surface area (TPSA) is 84.5 Å². The van der Waals surface area contributed by atoms with Crippen LogP contribution in [0.5, 0.6) is 0 Å². The van der Waals surface area contributed by atoms with Gasteiger partial charge in [0.2, 0.25) is 5.91 Å². The van der Waals surface area contributed by atoms with Crippen molar-refractivity contribution >= 4 is 39.7 Å². The highest BCUT2D eigenvalue weighted by atomic mass is 32.1. The molecular formula is C18H18F2N2O4S. The lowest BCUT2D eigenvalue weighted by Crippen LogP contribution is -2.22. The zero-order valence-corrected chi connectivity index (χ0v) is 15.8. The monoisotopic (exact) mass is 396 g/mol. The molecule has 6 nitrogen and oxygen atoms in total. The summed E-state index contributed by atoms with van der Waals surface area (Å²) in [5.41, 5.74) is 0.652. The maximum absolute atomic E-state index is 13.2. The van der Waals surface area contributed by atoms with E-state index in [1.807, 2.05) is 0 Å². The van der Waals surface area contributed by atoms with Crippen molar-refractivity contribution in [1.82, 2.24) is 0 Å². The molecule has 1 amide bonds. The summed E-state index contributed by atoms with van der Waals surface area (Å²) < 4.78 is 31.3. The first-order chi connectivity index (χ1) is 12.7. The molecule has 27 heavy (non-hydrogen) atoms. The number of hydrogen-bond acceptors (Lipinski definition) is 6. The van der Waals surface area contributed by atoms with Crippen molar-refractivity contribution in [3.8, 4) is 0 Å². The molecule has 144 valence electrons. The lowest BCUT2D eigenvalue weighted by atomic mass is 10.1. The number of halogens is 2. The highest BCUT2D eigenvalue weighted by molar-refractivity contribution is 7.18. The molecule has 0 saturated heterocycles. The lowest BCUT2D eigenvalue weighted by molar-refractivity contribution is -0.114. The van der Waals surface area contributed by atoms with Gasteiger partial charge in [-0.3, -0.25) is 9.59 Å². The highest BCUT2D eigenvalue weighted by Crippen LogP contribution is 2.34. The van der Waals surface area contributed by atoms with E-state index < -0.39 is 23.5 Å². The number of thiophene rings is 1. The van der Waals surface area contributed by atoms with Crippen LogP contribution >= 0.6 is 11.3 Å². The van der Waals surface area contributed by atoms with Crippen LogP contribution in [-0.4, -0.2) is 30.8 Å². The Morgan fingerprint density at radius 3 is 2.33 bits per heavy atom. The SMILES string of the molecule is CCOC(=O)c1c(NC(=O)CNc2cc(F)cc(F)c2)sc(C(C)=O)c1C. The number of hydrogen-bond donors (Lipinski definition) is 2. The minimum atomic E-state index is -0.775. The third-order valence-corrected chi connectivity index (χ3v) is 4.82. The number of anilines is 2. The average Bonchev–Trinajstić information content (AvgIpc) is 2.89. The zero-order valence-electron chi connectivity index (χ0n) is 14.9. The smallest absolute Gasteiger partial charge is 0.341 e. The summed E-state index contributed by atoms with van der Waals surface area (Å²) in [6.45, 7) is 4.45. The first kappa shape index (κ1) is 20.5. The fraction of sp³-hybridized carbons (Fsp3) is 0.278. The summed E-state index contributed by atoms with van der Waals surface area (Å²) in [6.07, 6.45) is 0. The van der Waals surface area contributed by atoms with Gasteiger partial charge in [0, 0.05) is 11.8 Å². The predicted molar refractivity (Wildman–Crippen MR) is 98.5 cm³/mol. The molecule has 1 heterocycles. The number of rotatable bonds is 7. The van der Waals surface area contributed by atoms with Crippen molar-refractivity contribution < 1.29 is 27.9 Å². The van der Waals surface area contributed by atoms with Gasteiger partial charge in [0.15, 0.2) is 5.78 Å². The van der Waals surface area contributed by atoms with Crippen LogP contribution in [-0.2, 0) is 9.53 Å². The first-order valence-electron chi connectivity index (χ1n) is 8.04. The van der Waals surface area contributed by atoms with Crippen molar-refractivity contribution in [2.24, 2.45) is 0 Å². The van der Waals surface area contributed by atoms with Crippen LogP contribution in [0.3, 0.4) is 0 Å². The summed E-state index contributed by atoms with van der Waals surface area (Å²) in [6, 6.07) is 2.81. The van der Waals surface area contributed by atoms with E-state index in [2.05, 4.69) is 10.6 Å². The van der Waals surface area contributed by atoms with Gasteiger partial charge in [-0.1, -0.05) is 0 Å². The molecule has 0 saturated carbocycles. The Morgan fingerprint density at radius 2 is 1.78 bits per heavy atom. The largest absolute Gasteiger partial charge is 0.462 e. The van der Waals surface area contributed by atoms with Gasteiger partial charge in [-0.15, -0.1) is 11.3 Å². The van der Waals surface area contributed by atoms with E-state index in [0.717, 1.165) is 23.5 Å². The van der Waals surface area contributed by atoms with E-state index in [0.29, 0.717) is 16.5 Å². The second-order valence-corrected chi connectivity index (χ2v) is 6.62. The third-order valence-electron chi connectivity index (χ3n) is 3.51. The number of carbonyl (C=O) groups excluding carboxylic acids is 3. The van der Waals surface area contributed by atoms with Crippen LogP contribution in [0, 0.1) is 18.6 Å². The summed E-state index contributed by atoms with van der Waals surface area (Å²) in [7, 11) is 0. The van der Waals surface area contributed by atoms with Gasteiger partial charge in [0.05, 0.1) is 23.6 Å². The summed E-state index contributed by atoms with van der Waals surface area (Å²) >= 11 is 0.973. The molecule has 2 aromatic rings. The number of nitrogens with one attached hydrogen (secondary N) is 2. The molecule has 0 spiro atoms. The minimum absolute atomic E-state index is 0.0973. The molecule has 2 N–H and O–H groups in total. The second-order valence-electron chi connectivity index (χ2n) is 5.60. The molecule has 2 rings (SSSR count). The number of ether oxygens (including phenoxy) is 1. The Labute approximate surface area is 158 Å². The molecule has 1 aromatic carbocycles. The molecular weight excluding hydrogens is 378 g/mol. The maximum Gasteiger partial charge on any atom is 0.341 e. The van der Waals surface area contributed by atoms with Gasteiger partial charge < -0.3 is 15.4 Å². The molecule has 9 heteroatoms. The van der Waals surface area contributed by atoms with E-state index >= 15 is 0 Å². The van der Waals surface area contributed by atoms with Crippen molar-refractivity contribution in [2.45, 2.75) is 20.8 Å². The summed E-state index contributed by atoms with van der Waals surface area (Å²) in [5.74, 6) is -2.99. The van der Waals surface area contributed by atoms with Crippen molar-refractivity contribution in [3.05, 3.63) is 45.8 Å². The van der Waals surface area contributed by atoms with Crippen LogP contribution < -0.4 is 10.6 Å². The molecule has 1 aromatic heterocycles. The number of amides is 1. The van der Waals surface area contributed by atoms with Gasteiger partial charge in [-0.25, -0.2) is 13.6 Å². The molecule has 0 radical (unpaired) electrons. The quantitative estimate of drug-likeness (QED) is 0.550. The predicted octanol–water partition coefficient (Wildman–Crippen LogP) is 3.76. The standard InChI is InChI=1S/C18H18F2N2O4S/c1-4-26-18(25)15-9(2)16(10(3)23)27-17(15)22-14(24)8-21-13-6-11(19)5-12(20)7-13/h5-7,21H,4,8H2,1-3H3,(H,22,24). The van der Waals surface area contributed by atoms with Crippen molar-refractivity contribution in [2.75, 3.05) is 23.8 Å². The number of carbonyl (C=O) groups is 3. The van der Waals surface area contributed by atoms with E-state index in [1.54, 1.807) is 13.8 Å². The number of benzene rings is 1. The normalized spacial score (nSPS) is 10.4. The third kappa shape index (κ3) is 5.10. The van der Waals surface area contributed by atoms with Crippen LogP contribution in [0.4, 0.5) is 19.5 Å². The highest BCUT2D eigenvalue weighted by Gasteiger charge is 2.25. The maximum atomic E-state index is 13.2. The Kier molecular flexibility index (Phi) is 6.62. The molecule has 0 aliphatic rings. The van der Waals surface area contributed by atoms with Crippen LogP contribution in [0.25, 0.3) is 0 Å². The summed E-state index contributed by atoms with van der Waals surface area (Å²) in [4.78, 5) is 36.4. The Hall–Kier alpha value is -2.81. The van der Waals surface area contributed by atoms with Gasteiger partial charge in [-0.05, 0) is 38.5 Å². The van der Waals surface area contributed by atoms with Crippen LogP contribution in [0.2, 0.25) is 0 Å².